The maximum Gasteiger partial charge on any atom is 0.128 e. The van der Waals surface area contributed by atoms with E-state index in [1.807, 2.05) is 25.1 Å². The number of ether oxygens (including phenoxy) is 1. The Bertz CT molecular complexity index is 291. The summed E-state index contributed by atoms with van der Waals surface area (Å²) < 4.78 is 5.26. The summed E-state index contributed by atoms with van der Waals surface area (Å²) in [5.41, 5.74) is 0. The molecule has 0 bridgehead atoms. The van der Waals surface area contributed by atoms with Crippen molar-refractivity contribution < 1.29 is 4.74 Å². The highest BCUT2D eigenvalue weighted by molar-refractivity contribution is 5.44. The maximum absolute atomic E-state index is 5.26. The molecule has 0 spiro atoms. The summed E-state index contributed by atoms with van der Waals surface area (Å²) in [5.74, 6) is 1.83. The smallest absolute Gasteiger partial charge is 0.128 e. The van der Waals surface area contributed by atoms with E-state index in [9.17, 15) is 0 Å². The van der Waals surface area contributed by atoms with Crippen molar-refractivity contribution in [3.63, 3.8) is 0 Å². The lowest BCUT2D eigenvalue weighted by atomic mass is 10.4. The van der Waals surface area contributed by atoms with E-state index in [-0.39, 0.29) is 0 Å². The molecule has 1 rings (SSSR count). The first-order valence-corrected chi connectivity index (χ1v) is 5.89. The number of nitrogens with zero attached hydrogens (tertiary/aromatic N) is 1. The molecule has 0 fully saturated rings. The Hall–Kier alpha value is -1.29. The van der Waals surface area contributed by atoms with E-state index in [0.717, 1.165) is 44.4 Å². The number of rotatable bonds is 8. The zero-order valence-corrected chi connectivity index (χ0v) is 10.1. The van der Waals surface area contributed by atoms with Gasteiger partial charge in [-0.1, -0.05) is 6.07 Å². The number of pyridine rings is 1. The largest absolute Gasteiger partial charge is 0.382 e. The number of anilines is 2. The Kier molecular flexibility index (Phi) is 6.33. The fraction of sp³-hybridized carbons (Fsp3) is 0.583. The van der Waals surface area contributed by atoms with Crippen LogP contribution in [0.3, 0.4) is 0 Å². The van der Waals surface area contributed by atoms with Gasteiger partial charge < -0.3 is 15.4 Å². The highest BCUT2D eigenvalue weighted by Crippen LogP contribution is 2.08. The lowest BCUT2D eigenvalue weighted by molar-refractivity contribution is 0.147. The van der Waals surface area contributed by atoms with Gasteiger partial charge in [0.05, 0.1) is 0 Å². The summed E-state index contributed by atoms with van der Waals surface area (Å²) in [4.78, 5) is 4.42. The molecule has 0 aliphatic heterocycles. The van der Waals surface area contributed by atoms with E-state index < -0.39 is 0 Å². The van der Waals surface area contributed by atoms with Crippen LogP contribution in [0.5, 0.6) is 0 Å². The molecule has 2 N–H and O–H groups in total. The van der Waals surface area contributed by atoms with Crippen LogP contribution in [-0.4, -0.2) is 31.3 Å². The standard InChI is InChI=1S/C12H21N3O/c1-3-13-11-7-5-8-12(15-11)14-9-6-10-16-4-2/h5,7-8H,3-4,6,9-10H2,1-2H3,(H2,13,14,15). The third kappa shape index (κ3) is 4.98. The molecule has 0 aromatic carbocycles. The van der Waals surface area contributed by atoms with Crippen molar-refractivity contribution in [3.8, 4) is 0 Å². The molecule has 4 nitrogen and oxygen atoms in total. The first kappa shape index (κ1) is 12.8. The highest BCUT2D eigenvalue weighted by atomic mass is 16.5. The molecule has 0 amide bonds. The van der Waals surface area contributed by atoms with Crippen molar-refractivity contribution in [2.24, 2.45) is 0 Å². The van der Waals surface area contributed by atoms with E-state index in [4.69, 9.17) is 4.74 Å². The second-order valence-corrected chi connectivity index (χ2v) is 3.42. The van der Waals surface area contributed by atoms with Crippen LogP contribution < -0.4 is 10.6 Å². The number of nitrogens with one attached hydrogen (secondary N) is 2. The van der Waals surface area contributed by atoms with E-state index in [1.54, 1.807) is 0 Å². The Labute approximate surface area is 97.4 Å². The number of hydrogen-bond donors (Lipinski definition) is 2. The van der Waals surface area contributed by atoms with Gasteiger partial charge in [-0.3, -0.25) is 0 Å². The first-order valence-electron chi connectivity index (χ1n) is 5.89. The van der Waals surface area contributed by atoms with E-state index in [1.165, 1.54) is 0 Å². The minimum atomic E-state index is 0.786. The molecular formula is C12H21N3O. The van der Waals surface area contributed by atoms with Gasteiger partial charge in [0, 0.05) is 26.3 Å². The Morgan fingerprint density at radius 3 is 2.62 bits per heavy atom. The molecule has 1 aromatic heterocycles. The average Bonchev–Trinajstić information content (AvgIpc) is 2.30. The van der Waals surface area contributed by atoms with Crippen molar-refractivity contribution >= 4 is 11.6 Å². The third-order valence-electron chi connectivity index (χ3n) is 2.08. The van der Waals surface area contributed by atoms with Crippen molar-refractivity contribution in [2.75, 3.05) is 36.9 Å². The molecule has 4 heteroatoms. The van der Waals surface area contributed by atoms with Gasteiger partial charge in [-0.05, 0) is 32.4 Å². The number of hydrogen-bond acceptors (Lipinski definition) is 4. The summed E-state index contributed by atoms with van der Waals surface area (Å²) in [5, 5.41) is 6.45. The molecule has 0 unspecified atom stereocenters. The van der Waals surface area contributed by atoms with Crippen LogP contribution in [0.1, 0.15) is 20.3 Å². The molecule has 16 heavy (non-hydrogen) atoms. The molecule has 1 heterocycles. The average molecular weight is 223 g/mol. The summed E-state index contributed by atoms with van der Waals surface area (Å²) in [6.45, 7) is 7.44. The van der Waals surface area contributed by atoms with Crippen LogP contribution >= 0.6 is 0 Å². The van der Waals surface area contributed by atoms with Crippen molar-refractivity contribution in [2.45, 2.75) is 20.3 Å². The zero-order chi connectivity index (χ0) is 11.6. The van der Waals surface area contributed by atoms with E-state index in [0.29, 0.717) is 0 Å². The van der Waals surface area contributed by atoms with Gasteiger partial charge in [-0.25, -0.2) is 4.98 Å². The SMILES string of the molecule is CCNc1cccc(NCCCOCC)n1. The summed E-state index contributed by atoms with van der Waals surface area (Å²) in [6.07, 6.45) is 1.00. The molecule has 0 aliphatic rings. The van der Waals surface area contributed by atoms with Gasteiger partial charge in [-0.15, -0.1) is 0 Å². The fourth-order valence-corrected chi connectivity index (χ4v) is 1.35. The third-order valence-corrected chi connectivity index (χ3v) is 2.08. The lowest BCUT2D eigenvalue weighted by Gasteiger charge is -2.07. The molecular weight excluding hydrogens is 202 g/mol. The van der Waals surface area contributed by atoms with Crippen LogP contribution in [-0.2, 0) is 4.74 Å². The summed E-state index contributed by atoms with van der Waals surface area (Å²) >= 11 is 0. The Morgan fingerprint density at radius 1 is 1.19 bits per heavy atom. The normalized spacial score (nSPS) is 10.1. The van der Waals surface area contributed by atoms with E-state index in [2.05, 4.69) is 22.5 Å². The van der Waals surface area contributed by atoms with Gasteiger partial charge in [0.2, 0.25) is 0 Å². The van der Waals surface area contributed by atoms with Crippen LogP contribution in [0, 0.1) is 0 Å². The van der Waals surface area contributed by atoms with Gasteiger partial charge >= 0.3 is 0 Å². The molecule has 90 valence electrons. The van der Waals surface area contributed by atoms with Crippen molar-refractivity contribution in [3.05, 3.63) is 18.2 Å². The highest BCUT2D eigenvalue weighted by Gasteiger charge is 1.95. The molecule has 0 saturated carbocycles. The van der Waals surface area contributed by atoms with Crippen molar-refractivity contribution in [1.29, 1.82) is 0 Å². The first-order chi connectivity index (χ1) is 7.86. The second kappa shape index (κ2) is 7.93. The quantitative estimate of drug-likeness (QED) is 0.664. The minimum Gasteiger partial charge on any atom is -0.382 e. The second-order valence-electron chi connectivity index (χ2n) is 3.42. The Morgan fingerprint density at radius 2 is 1.94 bits per heavy atom. The van der Waals surface area contributed by atoms with Gasteiger partial charge in [0.25, 0.3) is 0 Å². The monoisotopic (exact) mass is 223 g/mol. The van der Waals surface area contributed by atoms with Crippen LogP contribution in [0.25, 0.3) is 0 Å². The molecule has 0 atom stereocenters. The molecule has 0 aliphatic carbocycles. The predicted octanol–water partition coefficient (Wildman–Crippen LogP) is 2.35. The Balaban J connectivity index is 2.27. The molecule has 0 radical (unpaired) electrons. The summed E-state index contributed by atoms with van der Waals surface area (Å²) in [6, 6.07) is 5.94. The zero-order valence-electron chi connectivity index (χ0n) is 10.1. The minimum absolute atomic E-state index is 0.786. The predicted molar refractivity (Wildman–Crippen MR) is 68.0 cm³/mol. The van der Waals surface area contributed by atoms with Gasteiger partial charge in [0.15, 0.2) is 0 Å². The fourth-order valence-electron chi connectivity index (χ4n) is 1.35. The van der Waals surface area contributed by atoms with Crippen LogP contribution in [0.15, 0.2) is 18.2 Å². The van der Waals surface area contributed by atoms with Crippen molar-refractivity contribution in [1.82, 2.24) is 4.98 Å². The van der Waals surface area contributed by atoms with Gasteiger partial charge in [-0.2, -0.15) is 0 Å². The molecule has 1 aromatic rings. The summed E-state index contributed by atoms with van der Waals surface area (Å²) in [7, 11) is 0. The maximum atomic E-state index is 5.26. The molecule has 0 saturated heterocycles. The lowest BCUT2D eigenvalue weighted by Crippen LogP contribution is -2.08. The van der Waals surface area contributed by atoms with Crippen LogP contribution in [0.2, 0.25) is 0 Å². The van der Waals surface area contributed by atoms with Crippen LogP contribution in [0.4, 0.5) is 11.6 Å². The topological polar surface area (TPSA) is 46.2 Å². The van der Waals surface area contributed by atoms with Gasteiger partial charge in [0.1, 0.15) is 11.6 Å². The number of aromatic nitrogens is 1. The van der Waals surface area contributed by atoms with E-state index >= 15 is 0 Å².